The lowest BCUT2D eigenvalue weighted by molar-refractivity contribution is 0.105. The van der Waals surface area contributed by atoms with Gasteiger partial charge in [0.1, 0.15) is 0 Å². The number of rotatable bonds is 1. The Balaban J connectivity index is 1.92. The maximum absolute atomic E-state index is 12.1. The molecule has 0 fully saturated rings. The number of aromatic nitrogens is 2. The second-order valence-corrected chi connectivity index (χ2v) is 5.37. The molecule has 3 aromatic rings. The molecule has 0 bridgehead atoms. The number of fused-ring (bicyclic) bond motifs is 1. The van der Waals surface area contributed by atoms with Crippen molar-refractivity contribution in [3.63, 3.8) is 0 Å². The predicted molar refractivity (Wildman–Crippen MR) is 87.2 cm³/mol. The molecular formula is C17H8Cl2N2O. The lowest BCUT2D eigenvalue weighted by Gasteiger charge is -1.98. The molecule has 0 atom stereocenters. The highest BCUT2D eigenvalue weighted by Gasteiger charge is 2.04. The fourth-order valence-corrected chi connectivity index (χ4v) is 2.46. The minimum atomic E-state index is -0.302. The molecule has 1 aromatic heterocycles. The number of benzene rings is 2. The Morgan fingerprint density at radius 2 is 1.59 bits per heavy atom. The average molecular weight is 327 g/mol. The van der Waals surface area contributed by atoms with Gasteiger partial charge in [0.15, 0.2) is 0 Å². The van der Waals surface area contributed by atoms with Crippen molar-refractivity contribution in [1.82, 2.24) is 9.97 Å². The fourth-order valence-electron chi connectivity index (χ4n) is 1.93. The molecule has 1 heterocycles. The first kappa shape index (κ1) is 14.5. The molecule has 0 aliphatic carbocycles. The van der Waals surface area contributed by atoms with Gasteiger partial charge in [-0.05, 0) is 42.3 Å². The van der Waals surface area contributed by atoms with Crippen molar-refractivity contribution in [2.45, 2.75) is 0 Å². The van der Waals surface area contributed by atoms with Crippen LogP contribution in [-0.2, 0) is 0 Å². The van der Waals surface area contributed by atoms with Crippen molar-refractivity contribution >= 4 is 40.0 Å². The number of Topliss-reactive ketones (excluding diaryl/α,β-unsaturated/α-hetero) is 1. The van der Waals surface area contributed by atoms with Crippen LogP contribution < -0.4 is 0 Å². The molecule has 0 unspecified atom stereocenters. The summed E-state index contributed by atoms with van der Waals surface area (Å²) in [5.74, 6) is 5.05. The van der Waals surface area contributed by atoms with Crippen LogP contribution in [0.2, 0.25) is 10.0 Å². The zero-order valence-electron chi connectivity index (χ0n) is 11.2. The third-order valence-electron chi connectivity index (χ3n) is 2.91. The lowest BCUT2D eigenvalue weighted by Crippen LogP contribution is -1.96. The van der Waals surface area contributed by atoms with E-state index in [1.54, 1.807) is 48.8 Å². The first-order chi connectivity index (χ1) is 10.6. The first-order valence-corrected chi connectivity index (χ1v) is 7.11. The molecule has 0 saturated carbocycles. The number of ketones is 1. The second kappa shape index (κ2) is 6.15. The van der Waals surface area contributed by atoms with Gasteiger partial charge in [0.05, 0.1) is 11.0 Å². The molecule has 0 radical (unpaired) electrons. The van der Waals surface area contributed by atoms with Crippen LogP contribution in [0.4, 0.5) is 0 Å². The molecule has 0 saturated heterocycles. The van der Waals surface area contributed by atoms with E-state index in [1.165, 1.54) is 0 Å². The summed E-state index contributed by atoms with van der Waals surface area (Å²) in [5, 5.41) is 0.954. The Morgan fingerprint density at radius 3 is 2.32 bits per heavy atom. The fraction of sp³-hybridized carbons (Fsp3) is 0. The number of nitrogens with zero attached hydrogens (tertiary/aromatic N) is 2. The Labute approximate surface area is 136 Å². The van der Waals surface area contributed by atoms with Crippen LogP contribution in [0.15, 0.2) is 48.8 Å². The minimum Gasteiger partial charge on any atom is -0.279 e. The highest BCUT2D eigenvalue weighted by molar-refractivity contribution is 6.34. The summed E-state index contributed by atoms with van der Waals surface area (Å²) in [7, 11) is 0. The molecule has 22 heavy (non-hydrogen) atoms. The smallest absolute Gasteiger partial charge is 0.236 e. The maximum Gasteiger partial charge on any atom is 0.236 e. The second-order valence-electron chi connectivity index (χ2n) is 4.50. The molecule has 106 valence electrons. The van der Waals surface area contributed by atoms with Crippen molar-refractivity contribution in [2.24, 2.45) is 0 Å². The van der Waals surface area contributed by atoms with E-state index in [2.05, 4.69) is 21.8 Å². The highest BCUT2D eigenvalue weighted by atomic mass is 35.5. The summed E-state index contributed by atoms with van der Waals surface area (Å²) in [6, 6.07) is 10.0. The van der Waals surface area contributed by atoms with E-state index in [0.29, 0.717) is 26.7 Å². The third kappa shape index (κ3) is 3.25. The van der Waals surface area contributed by atoms with Crippen molar-refractivity contribution in [3.8, 4) is 11.8 Å². The monoisotopic (exact) mass is 326 g/mol. The van der Waals surface area contributed by atoms with Gasteiger partial charge in [0, 0.05) is 33.6 Å². The van der Waals surface area contributed by atoms with Gasteiger partial charge < -0.3 is 0 Å². The number of carbonyl (C=O) groups excluding carboxylic acids is 1. The van der Waals surface area contributed by atoms with Gasteiger partial charge in [-0.2, -0.15) is 0 Å². The molecular weight excluding hydrogens is 319 g/mol. The van der Waals surface area contributed by atoms with E-state index in [-0.39, 0.29) is 5.78 Å². The standard InChI is InChI=1S/C17H8Cl2N2O/c18-13-7-11(8-14(19)10-13)1-4-17(22)12-2-3-15-16(9-12)21-6-5-20-15/h2-3,5-10H. The molecule has 3 nitrogen and oxygen atoms in total. The molecule has 0 aliphatic heterocycles. The van der Waals surface area contributed by atoms with E-state index in [0.717, 1.165) is 5.52 Å². The van der Waals surface area contributed by atoms with Crippen LogP contribution in [0.1, 0.15) is 15.9 Å². The minimum absolute atomic E-state index is 0.302. The number of carbonyl (C=O) groups is 1. The largest absolute Gasteiger partial charge is 0.279 e. The molecule has 0 N–H and O–H groups in total. The van der Waals surface area contributed by atoms with Crippen molar-refractivity contribution in [3.05, 3.63) is 70.0 Å². The van der Waals surface area contributed by atoms with Crippen molar-refractivity contribution < 1.29 is 4.79 Å². The summed E-state index contributed by atoms with van der Waals surface area (Å²) in [4.78, 5) is 20.5. The van der Waals surface area contributed by atoms with Gasteiger partial charge in [0.2, 0.25) is 5.78 Å². The van der Waals surface area contributed by atoms with E-state index in [1.807, 2.05) is 0 Å². The Kier molecular flexibility index (Phi) is 4.06. The zero-order chi connectivity index (χ0) is 15.5. The number of halogens is 2. The van der Waals surface area contributed by atoms with Crippen LogP contribution in [0.5, 0.6) is 0 Å². The van der Waals surface area contributed by atoms with Gasteiger partial charge in [-0.25, -0.2) is 0 Å². The Hall–Kier alpha value is -2.41. The van der Waals surface area contributed by atoms with E-state index >= 15 is 0 Å². The van der Waals surface area contributed by atoms with E-state index in [4.69, 9.17) is 23.2 Å². The van der Waals surface area contributed by atoms with Gasteiger partial charge in [-0.3, -0.25) is 14.8 Å². The molecule has 0 spiro atoms. The Bertz CT molecular complexity index is 922. The molecule has 0 amide bonds. The lowest BCUT2D eigenvalue weighted by atomic mass is 10.1. The number of hydrogen-bond acceptors (Lipinski definition) is 3. The van der Waals surface area contributed by atoms with Crippen molar-refractivity contribution in [2.75, 3.05) is 0 Å². The topological polar surface area (TPSA) is 42.9 Å². The molecule has 3 rings (SSSR count). The van der Waals surface area contributed by atoms with Crippen LogP contribution in [0, 0.1) is 11.8 Å². The quantitative estimate of drug-likeness (QED) is 0.498. The van der Waals surface area contributed by atoms with Gasteiger partial charge in [-0.1, -0.05) is 29.1 Å². The van der Waals surface area contributed by atoms with Crippen LogP contribution in [0.25, 0.3) is 11.0 Å². The molecule has 0 aliphatic rings. The van der Waals surface area contributed by atoms with E-state index in [9.17, 15) is 4.79 Å². The summed E-state index contributed by atoms with van der Waals surface area (Å²) in [6.45, 7) is 0. The summed E-state index contributed by atoms with van der Waals surface area (Å²) in [6.07, 6.45) is 3.18. The number of hydrogen-bond donors (Lipinski definition) is 0. The van der Waals surface area contributed by atoms with Crippen molar-refractivity contribution in [1.29, 1.82) is 0 Å². The predicted octanol–water partition coefficient (Wildman–Crippen LogP) is 4.17. The van der Waals surface area contributed by atoms with Crippen LogP contribution >= 0.6 is 23.2 Å². The molecule has 2 aromatic carbocycles. The normalized spacial score (nSPS) is 10.1. The maximum atomic E-state index is 12.1. The SMILES string of the molecule is O=C(C#Cc1cc(Cl)cc(Cl)c1)c1ccc2nccnc2c1. The van der Waals surface area contributed by atoms with Crippen LogP contribution in [-0.4, -0.2) is 15.8 Å². The third-order valence-corrected chi connectivity index (χ3v) is 3.35. The zero-order valence-corrected chi connectivity index (χ0v) is 12.7. The van der Waals surface area contributed by atoms with E-state index < -0.39 is 0 Å². The summed E-state index contributed by atoms with van der Waals surface area (Å²) >= 11 is 11.8. The van der Waals surface area contributed by atoms with Gasteiger partial charge >= 0.3 is 0 Å². The average Bonchev–Trinajstić information content (AvgIpc) is 2.51. The molecule has 5 heteroatoms. The van der Waals surface area contributed by atoms with Crippen LogP contribution in [0.3, 0.4) is 0 Å². The van der Waals surface area contributed by atoms with Gasteiger partial charge in [-0.15, -0.1) is 0 Å². The first-order valence-electron chi connectivity index (χ1n) is 6.35. The summed E-state index contributed by atoms with van der Waals surface area (Å²) < 4.78 is 0. The Morgan fingerprint density at radius 1 is 0.909 bits per heavy atom. The highest BCUT2D eigenvalue weighted by Crippen LogP contribution is 2.18. The summed E-state index contributed by atoms with van der Waals surface area (Å²) in [5.41, 5.74) is 2.44. The van der Waals surface area contributed by atoms with Gasteiger partial charge in [0.25, 0.3) is 0 Å².